The zero-order valence-corrected chi connectivity index (χ0v) is 9.98. The molecule has 0 aliphatic rings. The fraction of sp³-hybridized carbons (Fsp3) is 0.0769. The number of nitrogens with two attached hydrogens (primary N) is 1. The van der Waals surface area contributed by atoms with Crippen molar-refractivity contribution < 1.29 is 23.1 Å². The maximum atomic E-state index is 12.6. The van der Waals surface area contributed by atoms with Gasteiger partial charge in [0.15, 0.2) is 0 Å². The number of benzene rings is 1. The zero-order chi connectivity index (χ0) is 14.9. The number of pyridine rings is 1. The Balaban J connectivity index is 2.52. The highest BCUT2D eigenvalue weighted by atomic mass is 19.4. The second kappa shape index (κ2) is 4.84. The molecule has 7 heteroatoms. The standard InChI is InChI=1S/C13H9F3N2O2/c14-13(15,16)9-3-1-2-7(4-9)8-5-10(12(19)20)11(17)18-6-8/h1-6H,(H2,17,18)(H,19,20). The fourth-order valence-electron chi connectivity index (χ4n) is 1.68. The second-order valence-electron chi connectivity index (χ2n) is 4.04. The average Bonchev–Trinajstić information content (AvgIpc) is 2.38. The van der Waals surface area contributed by atoms with E-state index in [2.05, 4.69) is 4.98 Å². The lowest BCUT2D eigenvalue weighted by Crippen LogP contribution is -2.06. The lowest BCUT2D eigenvalue weighted by molar-refractivity contribution is -0.137. The normalized spacial score (nSPS) is 11.3. The predicted molar refractivity (Wildman–Crippen MR) is 66.0 cm³/mol. The molecule has 0 bridgehead atoms. The van der Waals surface area contributed by atoms with Crippen LogP contribution in [0, 0.1) is 0 Å². The van der Waals surface area contributed by atoms with Gasteiger partial charge in [0.2, 0.25) is 0 Å². The van der Waals surface area contributed by atoms with Gasteiger partial charge < -0.3 is 10.8 Å². The van der Waals surface area contributed by atoms with Crippen molar-refractivity contribution in [1.82, 2.24) is 4.98 Å². The first-order valence-electron chi connectivity index (χ1n) is 5.45. The summed E-state index contributed by atoms with van der Waals surface area (Å²) in [4.78, 5) is 14.6. The van der Waals surface area contributed by atoms with E-state index < -0.39 is 17.7 Å². The number of anilines is 1. The molecule has 0 atom stereocenters. The Morgan fingerprint density at radius 1 is 1.20 bits per heavy atom. The minimum atomic E-state index is -4.47. The third-order valence-corrected chi connectivity index (χ3v) is 2.67. The minimum Gasteiger partial charge on any atom is -0.478 e. The second-order valence-corrected chi connectivity index (χ2v) is 4.04. The number of aromatic carboxylic acids is 1. The van der Waals surface area contributed by atoms with Crippen LogP contribution in [-0.2, 0) is 6.18 Å². The number of carbonyl (C=O) groups is 1. The predicted octanol–water partition coefficient (Wildman–Crippen LogP) is 3.05. The van der Waals surface area contributed by atoms with E-state index >= 15 is 0 Å². The number of rotatable bonds is 2. The van der Waals surface area contributed by atoms with Crippen LogP contribution in [0.4, 0.5) is 19.0 Å². The number of halogens is 3. The lowest BCUT2D eigenvalue weighted by Gasteiger charge is -2.09. The number of nitrogen functional groups attached to an aromatic ring is 1. The van der Waals surface area contributed by atoms with Crippen LogP contribution >= 0.6 is 0 Å². The minimum absolute atomic E-state index is 0.187. The van der Waals surface area contributed by atoms with Gasteiger partial charge in [0.25, 0.3) is 0 Å². The van der Waals surface area contributed by atoms with Crippen molar-refractivity contribution in [1.29, 1.82) is 0 Å². The van der Waals surface area contributed by atoms with Crippen LogP contribution in [0.2, 0.25) is 0 Å². The van der Waals surface area contributed by atoms with Crippen LogP contribution in [-0.4, -0.2) is 16.1 Å². The van der Waals surface area contributed by atoms with Gasteiger partial charge in [-0.25, -0.2) is 9.78 Å². The molecule has 0 radical (unpaired) electrons. The van der Waals surface area contributed by atoms with Crippen LogP contribution in [0.3, 0.4) is 0 Å². The number of hydrogen-bond donors (Lipinski definition) is 2. The molecule has 3 N–H and O–H groups in total. The number of alkyl halides is 3. The number of nitrogens with zero attached hydrogens (tertiary/aromatic N) is 1. The molecular formula is C13H9F3N2O2. The summed E-state index contributed by atoms with van der Waals surface area (Å²) in [5.74, 6) is -1.47. The monoisotopic (exact) mass is 282 g/mol. The number of carboxylic acid groups (broad SMARTS) is 1. The highest BCUT2D eigenvalue weighted by Gasteiger charge is 2.30. The van der Waals surface area contributed by atoms with Gasteiger partial charge in [-0.2, -0.15) is 13.2 Å². The maximum Gasteiger partial charge on any atom is 0.416 e. The highest BCUT2D eigenvalue weighted by molar-refractivity contribution is 5.94. The number of hydrogen-bond acceptors (Lipinski definition) is 3. The molecule has 1 heterocycles. The molecule has 1 aromatic heterocycles. The van der Waals surface area contributed by atoms with Crippen molar-refractivity contribution in [3.05, 3.63) is 47.7 Å². The largest absolute Gasteiger partial charge is 0.478 e. The zero-order valence-electron chi connectivity index (χ0n) is 9.98. The van der Waals surface area contributed by atoms with Gasteiger partial charge in [0.1, 0.15) is 11.4 Å². The summed E-state index contributed by atoms with van der Waals surface area (Å²) < 4.78 is 37.9. The molecule has 0 saturated carbocycles. The molecule has 20 heavy (non-hydrogen) atoms. The van der Waals surface area contributed by atoms with Crippen molar-refractivity contribution in [2.75, 3.05) is 5.73 Å². The summed E-state index contributed by atoms with van der Waals surface area (Å²) in [5.41, 5.74) is 4.80. The summed E-state index contributed by atoms with van der Waals surface area (Å²) in [6.45, 7) is 0. The van der Waals surface area contributed by atoms with E-state index in [9.17, 15) is 18.0 Å². The van der Waals surface area contributed by atoms with Crippen LogP contribution in [0.25, 0.3) is 11.1 Å². The first-order chi connectivity index (χ1) is 9.29. The highest BCUT2D eigenvalue weighted by Crippen LogP contribution is 2.32. The van der Waals surface area contributed by atoms with E-state index in [1.54, 1.807) is 0 Å². The molecule has 0 spiro atoms. The average molecular weight is 282 g/mol. The molecule has 0 aliphatic carbocycles. The molecule has 0 aliphatic heterocycles. The Kier molecular flexibility index (Phi) is 3.35. The van der Waals surface area contributed by atoms with Gasteiger partial charge in [-0.3, -0.25) is 0 Å². The Morgan fingerprint density at radius 2 is 1.90 bits per heavy atom. The molecule has 0 saturated heterocycles. The van der Waals surface area contributed by atoms with Gasteiger partial charge in [-0.1, -0.05) is 12.1 Å². The summed E-state index contributed by atoms with van der Waals surface area (Å²) in [5, 5.41) is 8.92. The van der Waals surface area contributed by atoms with Crippen molar-refractivity contribution in [3.63, 3.8) is 0 Å². The first kappa shape index (κ1) is 13.9. The Labute approximate surface area is 111 Å². The van der Waals surface area contributed by atoms with Gasteiger partial charge >= 0.3 is 12.1 Å². The third kappa shape index (κ3) is 2.71. The quantitative estimate of drug-likeness (QED) is 0.887. The van der Waals surface area contributed by atoms with Gasteiger partial charge in [0.05, 0.1) is 5.56 Å². The molecule has 0 amide bonds. The van der Waals surface area contributed by atoms with Crippen molar-refractivity contribution >= 4 is 11.8 Å². The van der Waals surface area contributed by atoms with E-state index in [0.29, 0.717) is 0 Å². The van der Waals surface area contributed by atoms with Gasteiger partial charge in [-0.15, -0.1) is 0 Å². The van der Waals surface area contributed by atoms with E-state index in [4.69, 9.17) is 10.8 Å². The molecule has 0 fully saturated rings. The topological polar surface area (TPSA) is 76.2 Å². The van der Waals surface area contributed by atoms with Gasteiger partial charge in [0, 0.05) is 11.8 Å². The van der Waals surface area contributed by atoms with Gasteiger partial charge in [-0.05, 0) is 23.8 Å². The molecule has 104 valence electrons. The number of aromatic nitrogens is 1. The van der Waals surface area contributed by atoms with Crippen LogP contribution in [0.15, 0.2) is 36.5 Å². The van der Waals surface area contributed by atoms with Crippen LogP contribution in [0.5, 0.6) is 0 Å². The Morgan fingerprint density at radius 3 is 2.50 bits per heavy atom. The van der Waals surface area contributed by atoms with Crippen molar-refractivity contribution in [2.45, 2.75) is 6.18 Å². The molecule has 0 unspecified atom stereocenters. The number of carboxylic acids is 1. The summed E-state index contributed by atoms with van der Waals surface area (Å²) in [6.07, 6.45) is -3.23. The summed E-state index contributed by atoms with van der Waals surface area (Å²) in [6, 6.07) is 5.74. The first-order valence-corrected chi connectivity index (χ1v) is 5.45. The lowest BCUT2D eigenvalue weighted by atomic mass is 10.0. The van der Waals surface area contributed by atoms with E-state index in [-0.39, 0.29) is 22.5 Å². The van der Waals surface area contributed by atoms with Crippen LogP contribution < -0.4 is 5.73 Å². The maximum absolute atomic E-state index is 12.6. The smallest absolute Gasteiger partial charge is 0.416 e. The Hall–Kier alpha value is -2.57. The van der Waals surface area contributed by atoms with E-state index in [1.807, 2.05) is 0 Å². The molecular weight excluding hydrogens is 273 g/mol. The van der Waals surface area contributed by atoms with Crippen molar-refractivity contribution in [2.24, 2.45) is 0 Å². The molecule has 2 rings (SSSR count). The third-order valence-electron chi connectivity index (χ3n) is 2.67. The van der Waals surface area contributed by atoms with Crippen molar-refractivity contribution in [3.8, 4) is 11.1 Å². The Bertz CT molecular complexity index is 669. The van der Waals surface area contributed by atoms with Crippen LogP contribution in [0.1, 0.15) is 15.9 Å². The molecule has 1 aromatic carbocycles. The SMILES string of the molecule is Nc1ncc(-c2cccc(C(F)(F)F)c2)cc1C(=O)O. The molecule has 4 nitrogen and oxygen atoms in total. The molecule has 2 aromatic rings. The van der Waals surface area contributed by atoms with E-state index in [0.717, 1.165) is 12.1 Å². The van der Waals surface area contributed by atoms with E-state index in [1.165, 1.54) is 24.4 Å². The summed E-state index contributed by atoms with van der Waals surface area (Å²) >= 11 is 0. The summed E-state index contributed by atoms with van der Waals surface area (Å²) in [7, 11) is 0. The fourth-order valence-corrected chi connectivity index (χ4v) is 1.68.